The van der Waals surface area contributed by atoms with Crippen molar-refractivity contribution < 1.29 is 9.53 Å². The standard InChI is InChI=1S/C12H21NO2/c1-2-15-12(14)10-8-6-4-3-5-7-9(8)11(10)13/h8-11H,2-7,13H2,1H3/t8-,9+,10-,11+/m0/s1. The van der Waals surface area contributed by atoms with Crippen molar-refractivity contribution >= 4 is 5.97 Å². The van der Waals surface area contributed by atoms with Crippen LogP contribution in [-0.2, 0) is 9.53 Å². The summed E-state index contributed by atoms with van der Waals surface area (Å²) in [5.41, 5.74) is 6.08. The zero-order chi connectivity index (χ0) is 10.8. The lowest BCUT2D eigenvalue weighted by atomic mass is 9.59. The SMILES string of the molecule is CCOC(=O)[C@@H]1[C@H](N)[C@@H]2CCCCC[C@@H]21. The van der Waals surface area contributed by atoms with Crippen molar-refractivity contribution in [3.8, 4) is 0 Å². The lowest BCUT2D eigenvalue weighted by Crippen LogP contribution is -2.59. The van der Waals surface area contributed by atoms with E-state index in [2.05, 4.69) is 0 Å². The third-order valence-corrected chi connectivity index (χ3v) is 4.05. The number of hydrogen-bond donors (Lipinski definition) is 1. The molecule has 2 aliphatic carbocycles. The highest BCUT2D eigenvalue weighted by atomic mass is 16.5. The summed E-state index contributed by atoms with van der Waals surface area (Å²) in [4.78, 5) is 11.7. The fraction of sp³-hybridized carbons (Fsp3) is 0.917. The smallest absolute Gasteiger partial charge is 0.310 e. The maximum Gasteiger partial charge on any atom is 0.310 e. The Morgan fingerprint density at radius 2 is 1.93 bits per heavy atom. The normalized spacial score (nSPS) is 39.9. The van der Waals surface area contributed by atoms with Gasteiger partial charge in [-0.2, -0.15) is 0 Å². The van der Waals surface area contributed by atoms with Gasteiger partial charge in [-0.25, -0.2) is 0 Å². The molecule has 2 fully saturated rings. The first-order valence-electron chi connectivity index (χ1n) is 6.18. The molecule has 0 unspecified atom stereocenters. The van der Waals surface area contributed by atoms with Crippen LogP contribution in [0.3, 0.4) is 0 Å². The Bertz CT molecular complexity index is 242. The second-order valence-corrected chi connectivity index (χ2v) is 4.82. The van der Waals surface area contributed by atoms with Crippen LogP contribution in [-0.4, -0.2) is 18.6 Å². The summed E-state index contributed by atoms with van der Waals surface area (Å²) in [7, 11) is 0. The monoisotopic (exact) mass is 211 g/mol. The minimum atomic E-state index is -0.0619. The molecule has 3 nitrogen and oxygen atoms in total. The van der Waals surface area contributed by atoms with Crippen molar-refractivity contribution in [1.29, 1.82) is 0 Å². The summed E-state index contributed by atoms with van der Waals surface area (Å²) < 4.78 is 5.09. The molecular weight excluding hydrogens is 190 g/mol. The van der Waals surface area contributed by atoms with Gasteiger partial charge < -0.3 is 10.5 Å². The minimum absolute atomic E-state index is 0.00644. The van der Waals surface area contributed by atoms with E-state index in [-0.39, 0.29) is 17.9 Å². The quantitative estimate of drug-likeness (QED) is 0.707. The summed E-state index contributed by atoms with van der Waals surface area (Å²) in [6, 6.07) is 0.0622. The third kappa shape index (κ3) is 1.89. The zero-order valence-corrected chi connectivity index (χ0v) is 9.45. The topological polar surface area (TPSA) is 52.3 Å². The van der Waals surface area contributed by atoms with Gasteiger partial charge in [0.2, 0.25) is 0 Å². The minimum Gasteiger partial charge on any atom is -0.466 e. The van der Waals surface area contributed by atoms with Gasteiger partial charge in [-0.1, -0.05) is 19.3 Å². The van der Waals surface area contributed by atoms with E-state index in [1.165, 1.54) is 32.1 Å². The molecule has 2 rings (SSSR count). The summed E-state index contributed by atoms with van der Waals surface area (Å²) >= 11 is 0. The highest BCUT2D eigenvalue weighted by Gasteiger charge is 2.52. The van der Waals surface area contributed by atoms with E-state index in [0.29, 0.717) is 18.4 Å². The average Bonchev–Trinajstić information content (AvgIpc) is 2.40. The van der Waals surface area contributed by atoms with Gasteiger partial charge >= 0.3 is 5.97 Å². The van der Waals surface area contributed by atoms with E-state index >= 15 is 0 Å². The molecule has 86 valence electrons. The Hall–Kier alpha value is -0.570. The zero-order valence-electron chi connectivity index (χ0n) is 9.45. The summed E-state index contributed by atoms with van der Waals surface area (Å²) in [5.74, 6) is 1.03. The van der Waals surface area contributed by atoms with Crippen molar-refractivity contribution in [1.82, 2.24) is 0 Å². The summed E-state index contributed by atoms with van der Waals surface area (Å²) in [6.45, 7) is 2.33. The number of nitrogens with two attached hydrogens (primary N) is 1. The molecule has 3 heteroatoms. The van der Waals surface area contributed by atoms with E-state index in [0.717, 1.165) is 0 Å². The van der Waals surface area contributed by atoms with Crippen molar-refractivity contribution in [3.05, 3.63) is 0 Å². The number of hydrogen-bond acceptors (Lipinski definition) is 3. The van der Waals surface area contributed by atoms with Crippen LogP contribution in [0.5, 0.6) is 0 Å². The van der Waals surface area contributed by atoms with Gasteiger partial charge in [-0.15, -0.1) is 0 Å². The van der Waals surface area contributed by atoms with E-state index in [4.69, 9.17) is 10.5 Å². The first kappa shape index (κ1) is 10.9. The largest absolute Gasteiger partial charge is 0.466 e. The number of rotatable bonds is 2. The second kappa shape index (κ2) is 4.52. The third-order valence-electron chi connectivity index (χ3n) is 4.05. The molecule has 0 heterocycles. The molecule has 4 atom stereocenters. The predicted octanol–water partition coefficient (Wildman–Crippen LogP) is 1.70. The molecule has 2 N–H and O–H groups in total. The van der Waals surface area contributed by atoms with Crippen LogP contribution in [0.1, 0.15) is 39.0 Å². The number of ether oxygens (including phenoxy) is 1. The fourth-order valence-corrected chi connectivity index (χ4v) is 3.27. The number of fused-ring (bicyclic) bond motifs is 1. The molecule has 0 aliphatic heterocycles. The van der Waals surface area contributed by atoms with Crippen LogP contribution in [0.25, 0.3) is 0 Å². The van der Waals surface area contributed by atoms with Crippen LogP contribution in [0, 0.1) is 17.8 Å². The van der Waals surface area contributed by atoms with Gasteiger partial charge in [0.25, 0.3) is 0 Å². The van der Waals surface area contributed by atoms with E-state index < -0.39 is 0 Å². The lowest BCUT2D eigenvalue weighted by molar-refractivity contribution is -0.160. The highest BCUT2D eigenvalue weighted by molar-refractivity contribution is 5.75. The number of esters is 1. The highest BCUT2D eigenvalue weighted by Crippen LogP contribution is 2.47. The molecule has 0 amide bonds. The van der Waals surface area contributed by atoms with Crippen molar-refractivity contribution in [2.45, 2.75) is 45.1 Å². The Morgan fingerprint density at radius 1 is 1.27 bits per heavy atom. The molecule has 2 aliphatic rings. The van der Waals surface area contributed by atoms with Gasteiger partial charge in [0.15, 0.2) is 0 Å². The number of carbonyl (C=O) groups is 1. The maximum absolute atomic E-state index is 11.7. The van der Waals surface area contributed by atoms with Crippen LogP contribution in [0.15, 0.2) is 0 Å². The van der Waals surface area contributed by atoms with Crippen LogP contribution in [0.2, 0.25) is 0 Å². The average molecular weight is 211 g/mol. The van der Waals surface area contributed by atoms with E-state index in [9.17, 15) is 4.79 Å². The Morgan fingerprint density at radius 3 is 2.60 bits per heavy atom. The first-order chi connectivity index (χ1) is 7.25. The van der Waals surface area contributed by atoms with Crippen molar-refractivity contribution in [3.63, 3.8) is 0 Å². The molecule has 0 aromatic carbocycles. The summed E-state index contributed by atoms with van der Waals surface area (Å²) in [6.07, 6.45) is 6.22. The van der Waals surface area contributed by atoms with Gasteiger partial charge in [0.05, 0.1) is 12.5 Å². The number of carbonyl (C=O) groups excluding carboxylic acids is 1. The van der Waals surface area contributed by atoms with Gasteiger partial charge in [-0.3, -0.25) is 4.79 Å². The first-order valence-corrected chi connectivity index (χ1v) is 6.18. The lowest BCUT2D eigenvalue weighted by Gasteiger charge is -2.48. The van der Waals surface area contributed by atoms with Crippen LogP contribution < -0.4 is 5.73 Å². The van der Waals surface area contributed by atoms with Crippen LogP contribution >= 0.6 is 0 Å². The molecule has 0 radical (unpaired) electrons. The molecule has 15 heavy (non-hydrogen) atoms. The van der Waals surface area contributed by atoms with Gasteiger partial charge in [-0.05, 0) is 31.6 Å². The van der Waals surface area contributed by atoms with E-state index in [1.807, 2.05) is 6.92 Å². The maximum atomic E-state index is 11.7. The Kier molecular flexibility index (Phi) is 3.29. The predicted molar refractivity (Wildman–Crippen MR) is 58.2 cm³/mol. The molecule has 0 aromatic rings. The molecule has 2 saturated carbocycles. The van der Waals surface area contributed by atoms with E-state index in [1.54, 1.807) is 0 Å². The van der Waals surface area contributed by atoms with Gasteiger partial charge in [0.1, 0.15) is 0 Å². The van der Waals surface area contributed by atoms with Crippen molar-refractivity contribution in [2.75, 3.05) is 6.61 Å². The molecular formula is C12H21NO2. The van der Waals surface area contributed by atoms with Crippen LogP contribution in [0.4, 0.5) is 0 Å². The Labute approximate surface area is 91.4 Å². The molecule has 0 aromatic heterocycles. The molecule has 0 bridgehead atoms. The summed E-state index contributed by atoms with van der Waals surface area (Å²) in [5, 5.41) is 0. The molecule has 0 spiro atoms. The fourth-order valence-electron chi connectivity index (χ4n) is 3.27. The van der Waals surface area contributed by atoms with Gasteiger partial charge in [0, 0.05) is 6.04 Å². The molecule has 0 saturated heterocycles. The van der Waals surface area contributed by atoms with Crippen molar-refractivity contribution in [2.24, 2.45) is 23.5 Å². The second-order valence-electron chi connectivity index (χ2n) is 4.82. The Balaban J connectivity index is 1.98.